The average molecular weight is 367 g/mol. The van der Waals surface area contributed by atoms with E-state index in [1.54, 1.807) is 0 Å². The average Bonchev–Trinajstić information content (AvgIpc) is 3.34. The molecule has 0 bridgehead atoms. The van der Waals surface area contributed by atoms with E-state index in [1.165, 1.54) is 12.8 Å². The molecule has 0 amide bonds. The molecule has 26 heavy (non-hydrogen) atoms. The van der Waals surface area contributed by atoms with Crippen molar-refractivity contribution < 1.29 is 0 Å². The summed E-state index contributed by atoms with van der Waals surface area (Å²) in [5.41, 5.74) is 4.11. The molecule has 1 fully saturated rings. The minimum Gasteiger partial charge on any atom is -0.300 e. The van der Waals surface area contributed by atoms with Crippen molar-refractivity contribution >= 4 is 11.6 Å². The smallest absolute Gasteiger partial charge is 0.163 e. The molecular formula is C21H23ClN4. The van der Waals surface area contributed by atoms with Crippen molar-refractivity contribution in [3.8, 4) is 17.2 Å². The number of hydrogen-bond acceptors (Lipinski definition) is 3. The highest BCUT2D eigenvalue weighted by Crippen LogP contribution is 2.30. The summed E-state index contributed by atoms with van der Waals surface area (Å²) in [5, 5.41) is 0.730. The number of hydrogen-bond donors (Lipinski definition) is 0. The van der Waals surface area contributed by atoms with Crippen molar-refractivity contribution in [2.45, 2.75) is 26.3 Å². The van der Waals surface area contributed by atoms with Crippen molar-refractivity contribution in [2.75, 3.05) is 13.6 Å². The van der Waals surface area contributed by atoms with E-state index >= 15 is 0 Å². The molecule has 4 rings (SSSR count). The molecule has 0 aliphatic heterocycles. The zero-order valence-corrected chi connectivity index (χ0v) is 15.9. The topological polar surface area (TPSA) is 34.0 Å². The lowest BCUT2D eigenvalue weighted by molar-refractivity contribution is 0.310. The third-order valence-electron chi connectivity index (χ3n) is 4.70. The van der Waals surface area contributed by atoms with Gasteiger partial charge in [0.1, 0.15) is 5.69 Å². The van der Waals surface area contributed by atoms with Gasteiger partial charge >= 0.3 is 0 Å². The van der Waals surface area contributed by atoms with Crippen LogP contribution in [0, 0.1) is 12.8 Å². The standard InChI is InChI=1S/C21H23ClN4/c1-15-3-10-20(23-11-15)21-24-18(13-25(2)12-16-4-5-16)14-26(21)19-8-6-17(22)7-9-19/h3,6-11,14,16H,4-5,12-13H2,1-2H3. The van der Waals surface area contributed by atoms with Crippen LogP contribution in [0.15, 0.2) is 48.8 Å². The molecule has 0 N–H and O–H groups in total. The molecule has 0 unspecified atom stereocenters. The van der Waals surface area contributed by atoms with Gasteiger partial charge in [-0.25, -0.2) is 4.98 Å². The number of aryl methyl sites for hydroxylation is 1. The van der Waals surface area contributed by atoms with E-state index in [9.17, 15) is 0 Å². The molecule has 1 saturated carbocycles. The van der Waals surface area contributed by atoms with Gasteiger partial charge in [0.2, 0.25) is 0 Å². The van der Waals surface area contributed by atoms with Crippen molar-refractivity contribution in [3.05, 3.63) is 65.1 Å². The molecule has 2 aromatic heterocycles. The van der Waals surface area contributed by atoms with Gasteiger partial charge in [-0.05, 0) is 68.6 Å². The van der Waals surface area contributed by atoms with Crippen molar-refractivity contribution in [2.24, 2.45) is 5.92 Å². The first-order chi connectivity index (χ1) is 12.6. The number of aromatic nitrogens is 3. The highest BCUT2D eigenvalue weighted by atomic mass is 35.5. The van der Waals surface area contributed by atoms with Crippen molar-refractivity contribution in [1.82, 2.24) is 19.4 Å². The first kappa shape index (κ1) is 17.3. The summed E-state index contributed by atoms with van der Waals surface area (Å²) in [6.45, 7) is 4.03. The third kappa shape index (κ3) is 3.97. The first-order valence-corrected chi connectivity index (χ1v) is 9.42. The van der Waals surface area contributed by atoms with Gasteiger partial charge in [0, 0.05) is 36.2 Å². The third-order valence-corrected chi connectivity index (χ3v) is 4.95. The van der Waals surface area contributed by atoms with Gasteiger partial charge in [-0.3, -0.25) is 9.55 Å². The molecule has 0 radical (unpaired) electrons. The molecule has 4 nitrogen and oxygen atoms in total. The number of pyridine rings is 1. The minimum absolute atomic E-state index is 0.730. The van der Waals surface area contributed by atoms with Crippen LogP contribution < -0.4 is 0 Å². The highest BCUT2D eigenvalue weighted by Gasteiger charge is 2.23. The fourth-order valence-electron chi connectivity index (χ4n) is 3.17. The van der Waals surface area contributed by atoms with Gasteiger partial charge in [0.25, 0.3) is 0 Å². The van der Waals surface area contributed by atoms with Gasteiger partial charge in [0.05, 0.1) is 5.69 Å². The van der Waals surface area contributed by atoms with Gasteiger partial charge < -0.3 is 4.90 Å². The summed E-state index contributed by atoms with van der Waals surface area (Å²) in [6, 6.07) is 11.9. The highest BCUT2D eigenvalue weighted by molar-refractivity contribution is 6.30. The molecule has 2 heterocycles. The Hall–Kier alpha value is -2.17. The number of rotatable bonds is 6. The van der Waals surface area contributed by atoms with Crippen LogP contribution in [0.3, 0.4) is 0 Å². The van der Waals surface area contributed by atoms with E-state index in [1.807, 2.05) is 43.5 Å². The molecule has 0 atom stereocenters. The molecule has 5 heteroatoms. The minimum atomic E-state index is 0.730. The fourth-order valence-corrected chi connectivity index (χ4v) is 3.29. The predicted octanol–water partition coefficient (Wildman–Crippen LogP) is 4.74. The van der Waals surface area contributed by atoms with E-state index in [-0.39, 0.29) is 0 Å². The maximum Gasteiger partial charge on any atom is 0.163 e. The number of nitrogens with zero attached hydrogens (tertiary/aromatic N) is 4. The SMILES string of the molecule is Cc1ccc(-c2nc(CN(C)CC3CC3)cn2-c2ccc(Cl)cc2)nc1. The van der Waals surface area contributed by atoms with E-state index in [0.29, 0.717) is 0 Å². The Morgan fingerprint density at radius 1 is 1.15 bits per heavy atom. The van der Waals surface area contributed by atoms with Crippen molar-refractivity contribution in [1.29, 1.82) is 0 Å². The van der Waals surface area contributed by atoms with Crippen LogP contribution in [0.1, 0.15) is 24.1 Å². The van der Waals surface area contributed by atoms with Crippen LogP contribution in [-0.4, -0.2) is 33.0 Å². The second kappa shape index (κ2) is 7.22. The summed E-state index contributed by atoms with van der Waals surface area (Å²) in [6.07, 6.45) is 6.72. The van der Waals surface area contributed by atoms with E-state index in [4.69, 9.17) is 16.6 Å². The number of benzene rings is 1. The lowest BCUT2D eigenvalue weighted by Gasteiger charge is -2.13. The summed E-state index contributed by atoms with van der Waals surface area (Å²) in [4.78, 5) is 11.8. The van der Waals surface area contributed by atoms with Crippen LogP contribution in [-0.2, 0) is 6.54 Å². The Kier molecular flexibility index (Phi) is 4.79. The van der Waals surface area contributed by atoms with Crippen LogP contribution in [0.25, 0.3) is 17.2 Å². The largest absolute Gasteiger partial charge is 0.300 e. The van der Waals surface area contributed by atoms with Crippen molar-refractivity contribution in [3.63, 3.8) is 0 Å². The Labute approximate surface area is 159 Å². The summed E-state index contributed by atoms with van der Waals surface area (Å²) < 4.78 is 2.11. The zero-order valence-electron chi connectivity index (χ0n) is 15.2. The van der Waals surface area contributed by atoms with E-state index in [2.05, 4.69) is 33.8 Å². The van der Waals surface area contributed by atoms with Gasteiger partial charge in [0.15, 0.2) is 5.82 Å². The lowest BCUT2D eigenvalue weighted by atomic mass is 10.2. The quantitative estimate of drug-likeness (QED) is 0.632. The second-order valence-corrected chi connectivity index (χ2v) is 7.70. The molecule has 3 aromatic rings. The summed E-state index contributed by atoms with van der Waals surface area (Å²) >= 11 is 6.06. The fraction of sp³-hybridized carbons (Fsp3) is 0.333. The molecule has 0 spiro atoms. The second-order valence-electron chi connectivity index (χ2n) is 7.26. The van der Waals surface area contributed by atoms with Gasteiger partial charge in [-0.15, -0.1) is 0 Å². The molecular weight excluding hydrogens is 344 g/mol. The molecule has 1 aliphatic rings. The lowest BCUT2D eigenvalue weighted by Crippen LogP contribution is -2.20. The van der Waals surface area contributed by atoms with Crippen LogP contribution in [0.4, 0.5) is 0 Å². The number of halogens is 1. The molecule has 1 aliphatic carbocycles. The zero-order chi connectivity index (χ0) is 18.1. The molecule has 0 saturated heterocycles. The maximum absolute atomic E-state index is 6.06. The summed E-state index contributed by atoms with van der Waals surface area (Å²) in [5.74, 6) is 1.73. The maximum atomic E-state index is 6.06. The number of imidazole rings is 1. The van der Waals surface area contributed by atoms with Crippen LogP contribution >= 0.6 is 11.6 Å². The Morgan fingerprint density at radius 3 is 2.58 bits per heavy atom. The Bertz CT molecular complexity index is 816. The van der Waals surface area contributed by atoms with E-state index < -0.39 is 0 Å². The normalized spacial score (nSPS) is 14.2. The molecule has 1 aromatic carbocycles. The summed E-state index contributed by atoms with van der Waals surface area (Å²) in [7, 11) is 2.17. The van der Waals surface area contributed by atoms with Crippen LogP contribution in [0.2, 0.25) is 5.02 Å². The monoisotopic (exact) mass is 366 g/mol. The molecule has 134 valence electrons. The van der Waals surface area contributed by atoms with Crippen LogP contribution in [0.5, 0.6) is 0 Å². The first-order valence-electron chi connectivity index (χ1n) is 9.04. The Balaban J connectivity index is 1.69. The van der Waals surface area contributed by atoms with E-state index in [0.717, 1.165) is 52.5 Å². The predicted molar refractivity (Wildman–Crippen MR) is 106 cm³/mol. The van der Waals surface area contributed by atoms with Gasteiger partial charge in [-0.2, -0.15) is 0 Å². The Morgan fingerprint density at radius 2 is 1.92 bits per heavy atom. The van der Waals surface area contributed by atoms with Gasteiger partial charge in [-0.1, -0.05) is 17.7 Å².